The van der Waals surface area contributed by atoms with Crippen LogP contribution in [0.4, 0.5) is 0 Å². The van der Waals surface area contributed by atoms with Gasteiger partial charge in [-0.1, -0.05) is 0 Å². The standard InChI is InChI=1S/BO.Co.Fe/c1-2;;. The van der Waals surface area contributed by atoms with E-state index in [9.17, 15) is 0 Å². The molecule has 0 rings (SSSR count). The molecule has 1 nitrogen and oxygen atoms in total. The summed E-state index contributed by atoms with van der Waals surface area (Å²) in [5.41, 5.74) is 0. The SMILES string of the molecule is [B]=O.[Co].[Fe]. The Hall–Kier alpha value is 0.891. The van der Waals surface area contributed by atoms with E-state index in [1.807, 2.05) is 0 Å². The zero-order chi connectivity index (χ0) is 2.00. The average molecular weight is 142 g/mol. The van der Waals surface area contributed by atoms with Crippen LogP contribution in [0.25, 0.3) is 0 Å². The van der Waals surface area contributed by atoms with Crippen LogP contribution in [0, 0.1) is 0 Å². The molecular formula is BCoFeO. The molecule has 0 aliphatic heterocycles. The summed E-state index contributed by atoms with van der Waals surface area (Å²) in [5, 5.41) is 0. The molecule has 26 valence electrons. The molecule has 0 amide bonds. The molecule has 0 aromatic carbocycles. The van der Waals surface area contributed by atoms with Crippen molar-refractivity contribution in [2.45, 2.75) is 0 Å². The molecule has 4 heavy (non-hydrogen) atoms. The number of hydrogen-bond acceptors (Lipinski definition) is 1. The second kappa shape index (κ2) is 41.0. The maximum Gasteiger partial charge on any atom is 0 e. The van der Waals surface area contributed by atoms with Gasteiger partial charge in [0.25, 0.3) is 0 Å². The molecule has 0 bridgehead atoms. The molecule has 0 unspecified atom stereocenters. The van der Waals surface area contributed by atoms with E-state index in [2.05, 4.69) is 7.72 Å². The monoisotopic (exact) mass is 142 g/mol. The Morgan fingerprint density at radius 2 is 1.25 bits per heavy atom. The van der Waals surface area contributed by atoms with Crippen LogP contribution in [0.15, 0.2) is 0 Å². The van der Waals surface area contributed by atoms with Crippen molar-refractivity contribution in [2.75, 3.05) is 0 Å². The second-order valence-corrected chi connectivity index (χ2v) is 0. The maximum atomic E-state index is 7.75. The van der Waals surface area contributed by atoms with Gasteiger partial charge in [-0.05, 0) is 0 Å². The summed E-state index contributed by atoms with van der Waals surface area (Å²) >= 11 is 0. The van der Waals surface area contributed by atoms with Gasteiger partial charge >= 0.3 is 12.4 Å². The number of rotatable bonds is 0. The van der Waals surface area contributed by atoms with E-state index in [0.717, 1.165) is 0 Å². The van der Waals surface area contributed by atoms with Crippen molar-refractivity contribution in [3.63, 3.8) is 0 Å². The van der Waals surface area contributed by atoms with E-state index in [4.69, 9.17) is 4.70 Å². The van der Waals surface area contributed by atoms with Gasteiger partial charge in [-0.25, -0.2) is 0 Å². The van der Waals surface area contributed by atoms with Crippen molar-refractivity contribution >= 4 is 7.72 Å². The van der Waals surface area contributed by atoms with Crippen molar-refractivity contribution in [3.05, 3.63) is 0 Å². The summed E-state index contributed by atoms with van der Waals surface area (Å²) in [6, 6.07) is 0. The fourth-order valence-electron chi connectivity index (χ4n) is 0. The van der Waals surface area contributed by atoms with Crippen molar-refractivity contribution < 1.29 is 38.6 Å². The van der Waals surface area contributed by atoms with E-state index >= 15 is 0 Å². The third-order valence-corrected chi connectivity index (χ3v) is 0. The van der Waals surface area contributed by atoms with Gasteiger partial charge < -0.3 is 0 Å². The summed E-state index contributed by atoms with van der Waals surface area (Å²) in [6.07, 6.45) is 0. The van der Waals surface area contributed by atoms with Crippen LogP contribution in [0.5, 0.6) is 0 Å². The Bertz CT molecular complexity index is 8.00. The van der Waals surface area contributed by atoms with Crippen molar-refractivity contribution in [3.8, 4) is 0 Å². The van der Waals surface area contributed by atoms with E-state index in [0.29, 0.717) is 0 Å². The molecule has 0 atom stereocenters. The van der Waals surface area contributed by atoms with E-state index < -0.39 is 0 Å². The van der Waals surface area contributed by atoms with Gasteiger partial charge in [0.2, 0.25) is 0 Å². The zero-order valence-electron chi connectivity index (χ0n) is 1.67. The van der Waals surface area contributed by atoms with Crippen molar-refractivity contribution in [1.29, 1.82) is 0 Å². The van der Waals surface area contributed by atoms with Crippen LogP contribution in [0.3, 0.4) is 0 Å². The summed E-state index contributed by atoms with van der Waals surface area (Å²) in [4.78, 5) is 0. The summed E-state index contributed by atoms with van der Waals surface area (Å²) < 4.78 is 7.75. The van der Waals surface area contributed by atoms with Crippen LogP contribution in [-0.4, -0.2) is 7.72 Å². The molecule has 0 heterocycles. The number of hydrogen-bond donors (Lipinski definition) is 0. The van der Waals surface area contributed by atoms with Crippen LogP contribution >= 0.6 is 0 Å². The molecule has 0 aliphatic carbocycles. The van der Waals surface area contributed by atoms with Crippen LogP contribution < -0.4 is 0 Å². The molecule has 0 aliphatic rings. The molecule has 0 spiro atoms. The van der Waals surface area contributed by atoms with Crippen LogP contribution in [-0.2, 0) is 38.6 Å². The minimum atomic E-state index is 0. The van der Waals surface area contributed by atoms with Crippen molar-refractivity contribution in [2.24, 2.45) is 0 Å². The van der Waals surface area contributed by atoms with E-state index in [1.54, 1.807) is 0 Å². The Morgan fingerprint density at radius 1 is 1.25 bits per heavy atom. The maximum absolute atomic E-state index is 7.75. The predicted molar refractivity (Wildman–Crippen MR) is 6.44 cm³/mol. The molecule has 0 aromatic heterocycles. The van der Waals surface area contributed by atoms with E-state index in [1.165, 1.54) is 0 Å². The minimum Gasteiger partial charge on any atom is 0 e. The second-order valence-electron chi connectivity index (χ2n) is 0. The molecule has 0 saturated heterocycles. The molecule has 2 radical (unpaired) electrons. The predicted octanol–water partition coefficient (Wildman–Crippen LogP) is -0.505. The Balaban J connectivity index is -0.00000000500. The van der Waals surface area contributed by atoms with Gasteiger partial charge in [0.05, 0.1) is 0 Å². The first-order chi connectivity index (χ1) is 1.00. The Kier molecular flexibility index (Phi) is 212. The third kappa shape index (κ3) is 13.0. The molecule has 0 N–H and O–H groups in total. The van der Waals surface area contributed by atoms with Gasteiger partial charge in [0, 0.05) is 33.8 Å². The van der Waals surface area contributed by atoms with E-state index in [-0.39, 0.29) is 33.8 Å². The van der Waals surface area contributed by atoms with Gasteiger partial charge in [0.1, 0.15) is 0 Å². The van der Waals surface area contributed by atoms with Gasteiger partial charge in [-0.2, -0.15) is 0 Å². The Morgan fingerprint density at radius 3 is 1.25 bits per heavy atom. The zero-order valence-corrected chi connectivity index (χ0v) is 3.82. The van der Waals surface area contributed by atoms with Gasteiger partial charge in [-0.15, -0.1) is 0 Å². The first-order valence-corrected chi connectivity index (χ1v) is 0.236. The first-order valence-electron chi connectivity index (χ1n) is 0.236. The fraction of sp³-hybridized carbons (Fsp3) is 0. The largest absolute Gasteiger partial charge is 0 e. The average Bonchev–Trinajstić information content (AvgIpc) is 1.00. The third-order valence-electron chi connectivity index (χ3n) is 0. The fourth-order valence-corrected chi connectivity index (χ4v) is 0. The quantitative estimate of drug-likeness (QED) is 0.416. The minimum absolute atomic E-state index is 0. The van der Waals surface area contributed by atoms with Gasteiger partial charge in [-0.3, -0.25) is 0 Å². The molecule has 0 saturated carbocycles. The van der Waals surface area contributed by atoms with Crippen LogP contribution in [0.2, 0.25) is 0 Å². The molecular weight excluding hydrogens is 142 g/mol. The summed E-state index contributed by atoms with van der Waals surface area (Å²) in [7, 11) is 3.25. The Labute approximate surface area is 46.6 Å². The normalized spacial score (nSPS) is 0.750. The topological polar surface area (TPSA) is 17.1 Å². The smallest absolute Gasteiger partial charge is 0 e. The molecule has 0 fully saturated rings. The summed E-state index contributed by atoms with van der Waals surface area (Å²) in [6.45, 7) is 0. The first kappa shape index (κ1) is 20.7. The van der Waals surface area contributed by atoms with Gasteiger partial charge in [0.15, 0.2) is 0 Å². The van der Waals surface area contributed by atoms with Crippen molar-refractivity contribution in [1.82, 2.24) is 0 Å². The molecule has 0 aromatic rings. The summed E-state index contributed by atoms with van der Waals surface area (Å²) in [5.74, 6) is 0. The molecule has 4 heteroatoms. The van der Waals surface area contributed by atoms with Crippen LogP contribution in [0.1, 0.15) is 0 Å².